The fourth-order valence-corrected chi connectivity index (χ4v) is 2.02. The van der Waals surface area contributed by atoms with Crippen LogP contribution in [0.1, 0.15) is 29.4 Å². The van der Waals surface area contributed by atoms with E-state index in [1.54, 1.807) is 19.3 Å². The zero-order chi connectivity index (χ0) is 11.8. The van der Waals surface area contributed by atoms with E-state index in [1.807, 2.05) is 26.0 Å². The average Bonchev–Trinajstić information content (AvgIpc) is 2.69. The van der Waals surface area contributed by atoms with Crippen LogP contribution in [0.15, 0.2) is 30.6 Å². The standard InChI is InChI=1S/C13H16N2O/c1-9-4-5-11(10(2)8-9)13(3,16)12-14-6-7-15-12/h4-8,16H,1-3H3,(H,14,15)/t13-/m1/s1. The maximum Gasteiger partial charge on any atom is 0.144 e. The predicted molar refractivity (Wildman–Crippen MR) is 63.2 cm³/mol. The molecular formula is C13H16N2O. The molecule has 0 spiro atoms. The lowest BCUT2D eigenvalue weighted by Gasteiger charge is -2.23. The zero-order valence-corrected chi connectivity index (χ0v) is 9.78. The zero-order valence-electron chi connectivity index (χ0n) is 9.78. The monoisotopic (exact) mass is 216 g/mol. The van der Waals surface area contributed by atoms with Crippen LogP contribution < -0.4 is 0 Å². The SMILES string of the molecule is Cc1ccc([C@@](C)(O)c2ncc[nH]2)c(C)c1. The number of rotatable bonds is 2. The Morgan fingerprint density at radius 3 is 2.62 bits per heavy atom. The Hall–Kier alpha value is -1.61. The average molecular weight is 216 g/mol. The van der Waals surface area contributed by atoms with Crippen molar-refractivity contribution in [1.82, 2.24) is 9.97 Å². The number of aromatic amines is 1. The van der Waals surface area contributed by atoms with Gasteiger partial charge in [-0.05, 0) is 31.9 Å². The van der Waals surface area contributed by atoms with E-state index < -0.39 is 5.60 Å². The number of aromatic nitrogens is 2. The van der Waals surface area contributed by atoms with Gasteiger partial charge in [-0.3, -0.25) is 0 Å². The number of hydrogen-bond donors (Lipinski definition) is 2. The molecule has 1 aromatic heterocycles. The molecule has 1 atom stereocenters. The van der Waals surface area contributed by atoms with Crippen molar-refractivity contribution in [2.24, 2.45) is 0 Å². The number of benzene rings is 1. The summed E-state index contributed by atoms with van der Waals surface area (Å²) in [6, 6.07) is 6.01. The molecule has 0 unspecified atom stereocenters. The van der Waals surface area contributed by atoms with Crippen molar-refractivity contribution in [3.05, 3.63) is 53.1 Å². The van der Waals surface area contributed by atoms with Crippen LogP contribution in [0.25, 0.3) is 0 Å². The molecule has 0 saturated heterocycles. The number of hydrogen-bond acceptors (Lipinski definition) is 2. The lowest BCUT2D eigenvalue weighted by atomic mass is 9.90. The van der Waals surface area contributed by atoms with Gasteiger partial charge in [0.05, 0.1) is 0 Å². The highest BCUT2D eigenvalue weighted by molar-refractivity contribution is 5.37. The fraction of sp³-hybridized carbons (Fsp3) is 0.308. The second-order valence-corrected chi connectivity index (χ2v) is 4.33. The smallest absolute Gasteiger partial charge is 0.144 e. The quantitative estimate of drug-likeness (QED) is 0.809. The van der Waals surface area contributed by atoms with Gasteiger partial charge < -0.3 is 10.1 Å². The molecule has 2 aromatic rings. The molecule has 3 nitrogen and oxygen atoms in total. The highest BCUT2D eigenvalue weighted by Crippen LogP contribution is 2.29. The third kappa shape index (κ3) is 1.74. The summed E-state index contributed by atoms with van der Waals surface area (Å²) in [6.45, 7) is 5.79. The van der Waals surface area contributed by atoms with Crippen molar-refractivity contribution in [1.29, 1.82) is 0 Å². The second kappa shape index (κ2) is 3.76. The van der Waals surface area contributed by atoms with Crippen LogP contribution in [0.2, 0.25) is 0 Å². The summed E-state index contributed by atoms with van der Waals surface area (Å²) >= 11 is 0. The fourth-order valence-electron chi connectivity index (χ4n) is 2.02. The Bertz CT molecular complexity index is 487. The minimum atomic E-state index is -1.07. The third-order valence-electron chi connectivity index (χ3n) is 2.87. The van der Waals surface area contributed by atoms with Crippen molar-refractivity contribution < 1.29 is 5.11 Å². The Kier molecular flexibility index (Phi) is 2.56. The van der Waals surface area contributed by atoms with Gasteiger partial charge in [0, 0.05) is 12.4 Å². The van der Waals surface area contributed by atoms with Crippen LogP contribution in [0.5, 0.6) is 0 Å². The van der Waals surface area contributed by atoms with Crippen LogP contribution in [-0.4, -0.2) is 15.1 Å². The van der Waals surface area contributed by atoms with E-state index in [1.165, 1.54) is 5.56 Å². The van der Waals surface area contributed by atoms with E-state index in [-0.39, 0.29) is 0 Å². The van der Waals surface area contributed by atoms with Crippen LogP contribution in [0.3, 0.4) is 0 Å². The molecule has 0 bridgehead atoms. The van der Waals surface area contributed by atoms with Crippen LogP contribution in [0, 0.1) is 13.8 Å². The maximum absolute atomic E-state index is 10.5. The van der Waals surface area contributed by atoms with E-state index in [0.717, 1.165) is 11.1 Å². The lowest BCUT2D eigenvalue weighted by molar-refractivity contribution is 0.0925. The topological polar surface area (TPSA) is 48.9 Å². The number of H-pyrrole nitrogens is 1. The molecule has 0 amide bonds. The molecule has 1 heterocycles. The molecule has 0 saturated carbocycles. The molecule has 2 N–H and O–H groups in total. The number of nitrogens with one attached hydrogen (secondary N) is 1. The summed E-state index contributed by atoms with van der Waals surface area (Å²) in [5.41, 5.74) is 2.08. The predicted octanol–water partition coefficient (Wildman–Crippen LogP) is 2.28. The number of aliphatic hydroxyl groups is 1. The minimum Gasteiger partial charge on any atom is -0.377 e. The second-order valence-electron chi connectivity index (χ2n) is 4.33. The number of aryl methyl sites for hydroxylation is 2. The molecule has 0 fully saturated rings. The summed E-state index contributed by atoms with van der Waals surface area (Å²) < 4.78 is 0. The van der Waals surface area contributed by atoms with Crippen molar-refractivity contribution in [3.8, 4) is 0 Å². The number of imidazole rings is 1. The van der Waals surface area contributed by atoms with Crippen LogP contribution in [-0.2, 0) is 5.60 Å². The molecule has 2 rings (SSSR count). The summed E-state index contributed by atoms with van der Waals surface area (Å²) in [5, 5.41) is 10.5. The van der Waals surface area contributed by atoms with Crippen LogP contribution in [0.4, 0.5) is 0 Å². The van der Waals surface area contributed by atoms with Gasteiger partial charge in [0.2, 0.25) is 0 Å². The molecule has 0 aliphatic carbocycles. The van der Waals surface area contributed by atoms with Gasteiger partial charge in [0.1, 0.15) is 11.4 Å². The van der Waals surface area contributed by atoms with Gasteiger partial charge in [0.15, 0.2) is 0 Å². The van der Waals surface area contributed by atoms with E-state index in [0.29, 0.717) is 5.82 Å². The third-order valence-corrected chi connectivity index (χ3v) is 2.87. The van der Waals surface area contributed by atoms with Gasteiger partial charge in [-0.15, -0.1) is 0 Å². The first kappa shape index (κ1) is 10.9. The summed E-state index contributed by atoms with van der Waals surface area (Å²) in [5.74, 6) is 0.569. The Morgan fingerprint density at radius 2 is 2.06 bits per heavy atom. The summed E-state index contributed by atoms with van der Waals surface area (Å²) in [6.07, 6.45) is 3.36. The van der Waals surface area contributed by atoms with Crippen molar-refractivity contribution >= 4 is 0 Å². The molecular weight excluding hydrogens is 200 g/mol. The Balaban J connectivity index is 2.51. The van der Waals surface area contributed by atoms with Crippen LogP contribution >= 0.6 is 0 Å². The van der Waals surface area contributed by atoms with Gasteiger partial charge in [-0.25, -0.2) is 4.98 Å². The molecule has 16 heavy (non-hydrogen) atoms. The minimum absolute atomic E-state index is 0.569. The number of nitrogens with zero attached hydrogens (tertiary/aromatic N) is 1. The largest absolute Gasteiger partial charge is 0.377 e. The molecule has 84 valence electrons. The lowest BCUT2D eigenvalue weighted by Crippen LogP contribution is -2.25. The molecule has 1 aromatic carbocycles. The van der Waals surface area contributed by atoms with Gasteiger partial charge in [-0.2, -0.15) is 0 Å². The molecule has 0 aliphatic rings. The first-order valence-electron chi connectivity index (χ1n) is 5.32. The first-order valence-corrected chi connectivity index (χ1v) is 5.32. The normalized spacial score (nSPS) is 14.8. The van der Waals surface area contributed by atoms with E-state index in [4.69, 9.17) is 0 Å². The van der Waals surface area contributed by atoms with Crippen molar-refractivity contribution in [3.63, 3.8) is 0 Å². The highest BCUT2D eigenvalue weighted by Gasteiger charge is 2.29. The Morgan fingerprint density at radius 1 is 1.31 bits per heavy atom. The van der Waals surface area contributed by atoms with E-state index in [9.17, 15) is 5.11 Å². The first-order chi connectivity index (χ1) is 7.51. The van der Waals surface area contributed by atoms with Gasteiger partial charge >= 0.3 is 0 Å². The molecule has 0 aliphatic heterocycles. The Labute approximate surface area is 95.2 Å². The van der Waals surface area contributed by atoms with Crippen molar-refractivity contribution in [2.75, 3.05) is 0 Å². The van der Waals surface area contributed by atoms with Gasteiger partial charge in [0.25, 0.3) is 0 Å². The van der Waals surface area contributed by atoms with E-state index >= 15 is 0 Å². The summed E-state index contributed by atoms with van der Waals surface area (Å²) in [7, 11) is 0. The molecule has 0 radical (unpaired) electrons. The maximum atomic E-state index is 10.5. The van der Waals surface area contributed by atoms with E-state index in [2.05, 4.69) is 16.0 Å². The molecule has 3 heteroatoms. The summed E-state index contributed by atoms with van der Waals surface area (Å²) in [4.78, 5) is 7.08. The highest BCUT2D eigenvalue weighted by atomic mass is 16.3. The van der Waals surface area contributed by atoms with Crippen molar-refractivity contribution in [2.45, 2.75) is 26.4 Å². The van der Waals surface area contributed by atoms with Gasteiger partial charge in [-0.1, -0.05) is 23.8 Å².